The van der Waals surface area contributed by atoms with Crippen LogP contribution >= 0.6 is 11.6 Å². The first-order chi connectivity index (χ1) is 10.9. The Hall–Kier alpha value is -2.15. The highest BCUT2D eigenvalue weighted by atomic mass is 35.5. The summed E-state index contributed by atoms with van der Waals surface area (Å²) in [7, 11) is 0. The summed E-state index contributed by atoms with van der Waals surface area (Å²) < 4.78 is 0. The molecule has 1 aromatic carbocycles. The van der Waals surface area contributed by atoms with Crippen molar-refractivity contribution in [2.24, 2.45) is 0 Å². The molecule has 2 rings (SSSR count). The van der Waals surface area contributed by atoms with Crippen LogP contribution in [0.25, 0.3) is 0 Å². The first kappa shape index (κ1) is 17.2. The number of nitrogens with zero attached hydrogens (tertiary/aromatic N) is 2. The number of amides is 2. The maximum atomic E-state index is 12.3. The molecule has 1 heterocycles. The lowest BCUT2D eigenvalue weighted by molar-refractivity contribution is -0.384. The fraction of sp³-hybridized carbons (Fsp3) is 0.467. The van der Waals surface area contributed by atoms with Crippen molar-refractivity contribution < 1.29 is 14.5 Å². The lowest BCUT2D eigenvalue weighted by Crippen LogP contribution is -2.48. The Balaban J connectivity index is 2.13. The number of halogens is 1. The summed E-state index contributed by atoms with van der Waals surface area (Å²) in [6, 6.07) is 3.75. The molecule has 0 spiro atoms. The van der Waals surface area contributed by atoms with Gasteiger partial charge in [0.15, 0.2) is 0 Å². The zero-order valence-corrected chi connectivity index (χ0v) is 13.5. The number of benzene rings is 1. The number of nitrogens with one attached hydrogen (secondary N) is 1. The molecule has 1 aliphatic heterocycles. The van der Waals surface area contributed by atoms with Gasteiger partial charge in [-0.3, -0.25) is 19.7 Å². The summed E-state index contributed by atoms with van der Waals surface area (Å²) in [6.45, 7) is 2.53. The predicted octanol–water partition coefficient (Wildman–Crippen LogP) is 2.98. The molecule has 0 aromatic heterocycles. The number of nitro groups is 1. The summed E-state index contributed by atoms with van der Waals surface area (Å²) in [5, 5.41) is 13.3. The number of hydrogen-bond donors (Lipinski definition) is 1. The molecule has 1 aromatic rings. The van der Waals surface area contributed by atoms with Crippen LogP contribution in [0.3, 0.4) is 0 Å². The molecule has 7 nitrogen and oxygen atoms in total. The van der Waals surface area contributed by atoms with Gasteiger partial charge in [0.1, 0.15) is 0 Å². The Morgan fingerprint density at radius 1 is 1.43 bits per heavy atom. The largest absolute Gasteiger partial charge is 0.331 e. The standard InChI is InChI=1S/C15H18ClN3O4/c1-2-10-5-3-4-8-18(10)15(21)14(20)17-13-9-11(19(22)23)6-7-12(13)16/h6-7,9-10H,2-5,8H2,1H3,(H,17,20). The molecule has 8 heteroatoms. The molecule has 0 radical (unpaired) electrons. The fourth-order valence-electron chi connectivity index (χ4n) is 2.72. The Kier molecular flexibility index (Phi) is 5.54. The average Bonchev–Trinajstić information content (AvgIpc) is 2.55. The Morgan fingerprint density at radius 3 is 2.83 bits per heavy atom. The van der Waals surface area contributed by atoms with Crippen LogP contribution in [0.4, 0.5) is 11.4 Å². The van der Waals surface area contributed by atoms with Gasteiger partial charge in [-0.2, -0.15) is 0 Å². The highest BCUT2D eigenvalue weighted by Crippen LogP contribution is 2.27. The molecule has 1 unspecified atom stereocenters. The molecule has 23 heavy (non-hydrogen) atoms. The highest BCUT2D eigenvalue weighted by Gasteiger charge is 2.30. The third kappa shape index (κ3) is 3.98. The predicted molar refractivity (Wildman–Crippen MR) is 86.4 cm³/mol. The van der Waals surface area contributed by atoms with E-state index in [0.717, 1.165) is 31.7 Å². The second-order valence-corrected chi connectivity index (χ2v) is 5.84. The maximum Gasteiger partial charge on any atom is 0.313 e. The van der Waals surface area contributed by atoms with Gasteiger partial charge in [-0.1, -0.05) is 18.5 Å². The van der Waals surface area contributed by atoms with E-state index in [1.165, 1.54) is 12.1 Å². The van der Waals surface area contributed by atoms with Gasteiger partial charge in [0.25, 0.3) is 5.69 Å². The van der Waals surface area contributed by atoms with Crippen molar-refractivity contribution in [3.8, 4) is 0 Å². The van der Waals surface area contributed by atoms with Crippen LogP contribution in [0, 0.1) is 10.1 Å². The zero-order chi connectivity index (χ0) is 17.0. The zero-order valence-electron chi connectivity index (χ0n) is 12.8. The molecule has 1 aliphatic rings. The number of non-ortho nitro benzene ring substituents is 1. The minimum Gasteiger partial charge on any atom is -0.331 e. The van der Waals surface area contributed by atoms with Crippen molar-refractivity contribution in [3.05, 3.63) is 33.3 Å². The quantitative estimate of drug-likeness (QED) is 0.520. The number of hydrogen-bond acceptors (Lipinski definition) is 4. The van der Waals surface area contributed by atoms with E-state index in [1.807, 2.05) is 6.92 Å². The fourth-order valence-corrected chi connectivity index (χ4v) is 2.89. The molecule has 2 amide bonds. The first-order valence-corrected chi connectivity index (χ1v) is 7.87. The van der Waals surface area contributed by atoms with E-state index < -0.39 is 16.7 Å². The number of carbonyl (C=O) groups is 2. The van der Waals surface area contributed by atoms with Crippen molar-refractivity contribution in [1.29, 1.82) is 0 Å². The monoisotopic (exact) mass is 339 g/mol. The van der Waals surface area contributed by atoms with Crippen LogP contribution < -0.4 is 5.32 Å². The molecule has 1 saturated heterocycles. The first-order valence-electron chi connectivity index (χ1n) is 7.50. The van der Waals surface area contributed by atoms with Crippen LogP contribution in [0.15, 0.2) is 18.2 Å². The third-order valence-electron chi connectivity index (χ3n) is 3.96. The lowest BCUT2D eigenvalue weighted by atomic mass is 10.00. The molecule has 0 saturated carbocycles. The van der Waals surface area contributed by atoms with Gasteiger partial charge in [0.2, 0.25) is 0 Å². The van der Waals surface area contributed by atoms with Gasteiger partial charge in [0.05, 0.1) is 15.6 Å². The van der Waals surface area contributed by atoms with Crippen LogP contribution in [0.2, 0.25) is 5.02 Å². The normalized spacial score (nSPS) is 17.7. The number of nitro benzene ring substituents is 1. The van der Waals surface area contributed by atoms with E-state index in [1.54, 1.807) is 4.90 Å². The van der Waals surface area contributed by atoms with E-state index in [4.69, 9.17) is 11.6 Å². The van der Waals surface area contributed by atoms with Crippen molar-refractivity contribution >= 4 is 34.8 Å². The molecule has 1 N–H and O–H groups in total. The van der Waals surface area contributed by atoms with Gasteiger partial charge in [-0.25, -0.2) is 0 Å². The van der Waals surface area contributed by atoms with Crippen LogP contribution in [-0.4, -0.2) is 34.2 Å². The number of rotatable bonds is 3. The summed E-state index contributed by atoms with van der Waals surface area (Å²) in [4.78, 5) is 36.3. The van der Waals surface area contributed by atoms with E-state index in [2.05, 4.69) is 5.32 Å². The number of anilines is 1. The number of carbonyl (C=O) groups excluding carboxylic acids is 2. The van der Waals surface area contributed by atoms with Gasteiger partial charge < -0.3 is 10.2 Å². The molecule has 124 valence electrons. The Labute approximate surface area is 138 Å². The number of piperidine rings is 1. The van der Waals surface area contributed by atoms with Gasteiger partial charge in [0, 0.05) is 24.7 Å². The lowest BCUT2D eigenvalue weighted by Gasteiger charge is -2.34. The summed E-state index contributed by atoms with van der Waals surface area (Å²) >= 11 is 5.93. The Morgan fingerprint density at radius 2 is 2.17 bits per heavy atom. The number of likely N-dealkylation sites (tertiary alicyclic amines) is 1. The van der Waals surface area contributed by atoms with Crippen LogP contribution in [0.1, 0.15) is 32.6 Å². The minimum atomic E-state index is -0.826. The molecule has 0 aliphatic carbocycles. The highest BCUT2D eigenvalue weighted by molar-refractivity contribution is 6.41. The smallest absolute Gasteiger partial charge is 0.313 e. The van der Waals surface area contributed by atoms with Crippen molar-refractivity contribution in [3.63, 3.8) is 0 Å². The SMILES string of the molecule is CCC1CCCCN1C(=O)C(=O)Nc1cc([N+](=O)[O-])ccc1Cl. The van der Waals surface area contributed by atoms with E-state index in [0.29, 0.717) is 6.54 Å². The van der Waals surface area contributed by atoms with Crippen LogP contribution in [0.5, 0.6) is 0 Å². The van der Waals surface area contributed by atoms with Gasteiger partial charge in [-0.05, 0) is 31.7 Å². The van der Waals surface area contributed by atoms with Crippen molar-refractivity contribution in [2.45, 2.75) is 38.6 Å². The van der Waals surface area contributed by atoms with Gasteiger partial charge >= 0.3 is 11.8 Å². The Bertz CT molecular complexity index is 635. The molecular weight excluding hydrogens is 322 g/mol. The average molecular weight is 340 g/mol. The second-order valence-electron chi connectivity index (χ2n) is 5.43. The third-order valence-corrected chi connectivity index (χ3v) is 4.29. The molecule has 1 atom stereocenters. The molecule has 1 fully saturated rings. The van der Waals surface area contributed by atoms with Crippen molar-refractivity contribution in [1.82, 2.24) is 4.90 Å². The van der Waals surface area contributed by atoms with Gasteiger partial charge in [-0.15, -0.1) is 0 Å². The maximum absolute atomic E-state index is 12.3. The molecular formula is C15H18ClN3O4. The van der Waals surface area contributed by atoms with Crippen molar-refractivity contribution in [2.75, 3.05) is 11.9 Å². The minimum absolute atomic E-state index is 0.0579. The summed E-state index contributed by atoms with van der Waals surface area (Å²) in [5.41, 5.74) is -0.147. The second kappa shape index (κ2) is 7.41. The van der Waals surface area contributed by atoms with E-state index >= 15 is 0 Å². The topological polar surface area (TPSA) is 92.6 Å². The molecule has 0 bridgehead atoms. The summed E-state index contributed by atoms with van der Waals surface area (Å²) in [6.07, 6.45) is 3.58. The summed E-state index contributed by atoms with van der Waals surface area (Å²) in [5.74, 6) is -1.45. The van der Waals surface area contributed by atoms with E-state index in [-0.39, 0.29) is 22.4 Å². The van der Waals surface area contributed by atoms with E-state index in [9.17, 15) is 19.7 Å². The van der Waals surface area contributed by atoms with Crippen LogP contribution in [-0.2, 0) is 9.59 Å².